The molecule has 21 heavy (non-hydrogen) atoms. The Bertz CT molecular complexity index is 676. The molecule has 0 saturated heterocycles. The lowest BCUT2D eigenvalue weighted by Crippen LogP contribution is -2.26. The first-order chi connectivity index (χ1) is 9.99. The molecule has 2 rings (SSSR count). The SMILES string of the molecule is CN(Cc1cccnc1)C(=O)c1ccc([N+](=O)[O-])c(Cl)c1. The van der Waals surface area contributed by atoms with E-state index < -0.39 is 4.92 Å². The molecule has 0 spiro atoms. The van der Waals surface area contributed by atoms with E-state index in [1.807, 2.05) is 6.07 Å². The molecule has 0 aliphatic carbocycles. The molecule has 1 heterocycles. The predicted octanol–water partition coefficient (Wildman–Crippen LogP) is 2.92. The molecule has 0 saturated carbocycles. The zero-order valence-corrected chi connectivity index (χ0v) is 11.9. The molecule has 1 aromatic carbocycles. The third kappa shape index (κ3) is 3.55. The summed E-state index contributed by atoms with van der Waals surface area (Å²) in [6.07, 6.45) is 3.33. The first-order valence-corrected chi connectivity index (χ1v) is 6.45. The summed E-state index contributed by atoms with van der Waals surface area (Å²) >= 11 is 5.81. The van der Waals surface area contributed by atoms with Gasteiger partial charge in [-0.15, -0.1) is 0 Å². The van der Waals surface area contributed by atoms with E-state index in [2.05, 4.69) is 4.98 Å². The Kier molecular flexibility index (Phi) is 4.49. The Morgan fingerprint density at radius 1 is 1.43 bits per heavy atom. The lowest BCUT2D eigenvalue weighted by molar-refractivity contribution is -0.384. The fraction of sp³-hybridized carbons (Fsp3) is 0.143. The zero-order valence-electron chi connectivity index (χ0n) is 11.2. The number of nitro groups is 1. The van der Waals surface area contributed by atoms with Gasteiger partial charge < -0.3 is 4.90 Å². The van der Waals surface area contributed by atoms with Crippen LogP contribution < -0.4 is 0 Å². The highest BCUT2D eigenvalue weighted by atomic mass is 35.5. The molecule has 2 aromatic rings. The predicted molar refractivity (Wildman–Crippen MR) is 78.1 cm³/mol. The topological polar surface area (TPSA) is 76.3 Å². The molecule has 1 amide bonds. The lowest BCUT2D eigenvalue weighted by atomic mass is 10.1. The van der Waals surface area contributed by atoms with E-state index >= 15 is 0 Å². The van der Waals surface area contributed by atoms with Crippen molar-refractivity contribution >= 4 is 23.2 Å². The van der Waals surface area contributed by atoms with Gasteiger partial charge in [0.2, 0.25) is 0 Å². The minimum absolute atomic E-state index is 0.0550. The van der Waals surface area contributed by atoms with Crippen molar-refractivity contribution in [3.63, 3.8) is 0 Å². The Hall–Kier alpha value is -2.47. The average molecular weight is 306 g/mol. The van der Waals surface area contributed by atoms with Crippen molar-refractivity contribution in [2.75, 3.05) is 7.05 Å². The summed E-state index contributed by atoms with van der Waals surface area (Å²) in [4.78, 5) is 27.8. The summed E-state index contributed by atoms with van der Waals surface area (Å²) < 4.78 is 0. The van der Waals surface area contributed by atoms with E-state index in [4.69, 9.17) is 11.6 Å². The van der Waals surface area contributed by atoms with Crippen molar-refractivity contribution in [1.29, 1.82) is 0 Å². The molecule has 1 aromatic heterocycles. The molecule has 0 aliphatic rings. The van der Waals surface area contributed by atoms with Crippen LogP contribution in [0.3, 0.4) is 0 Å². The van der Waals surface area contributed by atoms with Crippen molar-refractivity contribution in [2.45, 2.75) is 6.54 Å². The number of rotatable bonds is 4. The van der Waals surface area contributed by atoms with Gasteiger partial charge in [0.25, 0.3) is 11.6 Å². The Balaban J connectivity index is 2.16. The molecular formula is C14H12ClN3O3. The number of nitro benzene ring substituents is 1. The second-order valence-corrected chi connectivity index (χ2v) is 4.85. The maximum absolute atomic E-state index is 12.3. The number of hydrogen-bond donors (Lipinski definition) is 0. The number of amides is 1. The number of carbonyl (C=O) groups excluding carboxylic acids is 1. The molecule has 108 valence electrons. The molecule has 0 fully saturated rings. The van der Waals surface area contributed by atoms with Gasteiger partial charge in [0.05, 0.1) is 4.92 Å². The normalized spacial score (nSPS) is 10.2. The summed E-state index contributed by atoms with van der Waals surface area (Å²) in [7, 11) is 1.64. The third-order valence-corrected chi connectivity index (χ3v) is 3.18. The van der Waals surface area contributed by atoms with E-state index in [9.17, 15) is 14.9 Å². The van der Waals surface area contributed by atoms with Crippen LogP contribution in [-0.4, -0.2) is 27.8 Å². The van der Waals surface area contributed by atoms with Crippen LogP contribution in [0.2, 0.25) is 5.02 Å². The first-order valence-electron chi connectivity index (χ1n) is 6.07. The fourth-order valence-corrected chi connectivity index (χ4v) is 2.10. The van der Waals surface area contributed by atoms with Gasteiger partial charge in [0.15, 0.2) is 0 Å². The molecule has 0 N–H and O–H groups in total. The quantitative estimate of drug-likeness (QED) is 0.643. The highest BCUT2D eigenvalue weighted by molar-refractivity contribution is 6.33. The van der Waals surface area contributed by atoms with E-state index in [0.29, 0.717) is 12.1 Å². The molecule has 0 atom stereocenters. The van der Waals surface area contributed by atoms with E-state index in [1.165, 1.54) is 23.1 Å². The Morgan fingerprint density at radius 2 is 2.19 bits per heavy atom. The van der Waals surface area contributed by atoms with Crippen molar-refractivity contribution in [3.8, 4) is 0 Å². The maximum Gasteiger partial charge on any atom is 0.287 e. The van der Waals surface area contributed by atoms with E-state index in [1.54, 1.807) is 25.5 Å². The van der Waals surface area contributed by atoms with Crippen LogP contribution in [0.4, 0.5) is 5.69 Å². The lowest BCUT2D eigenvalue weighted by Gasteiger charge is -2.17. The molecule has 0 radical (unpaired) electrons. The third-order valence-electron chi connectivity index (χ3n) is 2.88. The number of carbonyl (C=O) groups is 1. The van der Waals surface area contributed by atoms with Gasteiger partial charge in [0, 0.05) is 37.6 Å². The number of halogens is 1. The molecule has 0 unspecified atom stereocenters. The summed E-state index contributed by atoms with van der Waals surface area (Å²) in [5.74, 6) is -0.268. The minimum atomic E-state index is -0.587. The smallest absolute Gasteiger partial charge is 0.287 e. The van der Waals surface area contributed by atoms with Crippen LogP contribution >= 0.6 is 11.6 Å². The largest absolute Gasteiger partial charge is 0.337 e. The van der Waals surface area contributed by atoms with E-state index in [-0.39, 0.29) is 16.6 Å². The molecule has 0 aliphatic heterocycles. The van der Waals surface area contributed by atoms with Crippen LogP contribution in [0.15, 0.2) is 42.7 Å². The van der Waals surface area contributed by atoms with Gasteiger partial charge in [-0.3, -0.25) is 19.9 Å². The van der Waals surface area contributed by atoms with Gasteiger partial charge in [-0.25, -0.2) is 0 Å². The second kappa shape index (κ2) is 6.32. The molecular weight excluding hydrogens is 294 g/mol. The second-order valence-electron chi connectivity index (χ2n) is 4.45. The highest BCUT2D eigenvalue weighted by Gasteiger charge is 2.17. The summed E-state index contributed by atoms with van der Waals surface area (Å²) in [6.45, 7) is 0.390. The summed E-state index contributed by atoms with van der Waals surface area (Å²) in [5, 5.41) is 10.6. The van der Waals surface area contributed by atoms with Gasteiger partial charge in [-0.2, -0.15) is 0 Å². The number of nitrogens with zero attached hydrogens (tertiary/aromatic N) is 3. The standard InChI is InChI=1S/C14H12ClN3O3/c1-17(9-10-3-2-6-16-8-10)14(19)11-4-5-13(18(20)21)12(15)7-11/h2-8H,9H2,1H3. The summed E-state index contributed by atoms with van der Waals surface area (Å²) in [6, 6.07) is 7.58. The molecule has 6 nitrogen and oxygen atoms in total. The van der Waals surface area contributed by atoms with Crippen LogP contribution in [-0.2, 0) is 6.54 Å². The van der Waals surface area contributed by atoms with Crippen LogP contribution in [0.5, 0.6) is 0 Å². The van der Waals surface area contributed by atoms with Gasteiger partial charge >= 0.3 is 0 Å². The fourth-order valence-electron chi connectivity index (χ4n) is 1.85. The van der Waals surface area contributed by atoms with Gasteiger partial charge in [-0.05, 0) is 23.8 Å². The van der Waals surface area contributed by atoms with Crippen molar-refractivity contribution in [3.05, 3.63) is 69.0 Å². The van der Waals surface area contributed by atoms with Crippen LogP contribution in [0.1, 0.15) is 15.9 Å². The van der Waals surface area contributed by atoms with Crippen LogP contribution in [0.25, 0.3) is 0 Å². The average Bonchev–Trinajstić information content (AvgIpc) is 2.47. The number of aromatic nitrogens is 1. The summed E-state index contributed by atoms with van der Waals surface area (Å²) in [5.41, 5.74) is 0.974. The number of pyridine rings is 1. The van der Waals surface area contributed by atoms with Gasteiger partial charge in [0.1, 0.15) is 5.02 Å². The Labute approximate surface area is 126 Å². The molecule has 0 bridgehead atoms. The van der Waals surface area contributed by atoms with Crippen LogP contribution in [0, 0.1) is 10.1 Å². The van der Waals surface area contributed by atoms with Gasteiger partial charge in [-0.1, -0.05) is 17.7 Å². The number of benzene rings is 1. The maximum atomic E-state index is 12.3. The van der Waals surface area contributed by atoms with Crippen molar-refractivity contribution < 1.29 is 9.72 Å². The van der Waals surface area contributed by atoms with E-state index in [0.717, 1.165) is 5.56 Å². The van der Waals surface area contributed by atoms with Crippen molar-refractivity contribution in [2.24, 2.45) is 0 Å². The van der Waals surface area contributed by atoms with Crippen molar-refractivity contribution in [1.82, 2.24) is 9.88 Å². The number of hydrogen-bond acceptors (Lipinski definition) is 4. The monoisotopic (exact) mass is 305 g/mol. The first kappa shape index (κ1) is 14.9. The highest BCUT2D eigenvalue weighted by Crippen LogP contribution is 2.25. The minimum Gasteiger partial charge on any atom is -0.337 e. The Morgan fingerprint density at radius 3 is 2.76 bits per heavy atom. The zero-order chi connectivity index (χ0) is 15.4. The molecule has 7 heteroatoms.